The van der Waals surface area contributed by atoms with Gasteiger partial charge in [0.1, 0.15) is 5.00 Å². The Kier molecular flexibility index (Phi) is 4.53. The largest absolute Gasteiger partial charge is 0.478 e. The fourth-order valence-corrected chi connectivity index (χ4v) is 4.03. The van der Waals surface area contributed by atoms with E-state index < -0.39 is 34.9 Å². The molecule has 0 saturated heterocycles. The number of nitrogens with zero attached hydrogens (tertiary/aromatic N) is 1. The fourth-order valence-electron chi connectivity index (χ4n) is 2.72. The highest BCUT2D eigenvalue weighted by Crippen LogP contribution is 2.37. The van der Waals surface area contributed by atoms with Crippen LogP contribution < -0.4 is 5.32 Å². The minimum atomic E-state index is -1.75. The van der Waals surface area contributed by atoms with Crippen molar-refractivity contribution in [3.05, 3.63) is 51.2 Å². The molecule has 132 valence electrons. The molecule has 1 aliphatic rings. The number of halogens is 3. The lowest BCUT2D eigenvalue weighted by Crippen LogP contribution is -2.26. The van der Waals surface area contributed by atoms with Crippen LogP contribution in [0.4, 0.5) is 18.2 Å². The van der Waals surface area contributed by atoms with Gasteiger partial charge in [0.15, 0.2) is 17.5 Å². The van der Waals surface area contributed by atoms with Gasteiger partial charge in [-0.1, -0.05) is 0 Å². The van der Waals surface area contributed by atoms with E-state index in [1.54, 1.807) is 0 Å². The van der Waals surface area contributed by atoms with Crippen molar-refractivity contribution >= 4 is 28.2 Å². The van der Waals surface area contributed by atoms with Crippen LogP contribution in [0.25, 0.3) is 0 Å². The number of likely N-dealkylation sites (N-methyl/N-ethyl adjacent to an activating group) is 1. The highest BCUT2D eigenvalue weighted by atomic mass is 32.1. The van der Waals surface area contributed by atoms with E-state index in [9.17, 15) is 27.9 Å². The molecule has 2 N–H and O–H groups in total. The van der Waals surface area contributed by atoms with Crippen molar-refractivity contribution in [2.45, 2.75) is 13.0 Å². The van der Waals surface area contributed by atoms with Gasteiger partial charge in [0.2, 0.25) is 0 Å². The zero-order valence-corrected chi connectivity index (χ0v) is 13.8. The van der Waals surface area contributed by atoms with Crippen LogP contribution >= 0.6 is 11.3 Å². The van der Waals surface area contributed by atoms with Gasteiger partial charge in [-0.05, 0) is 31.2 Å². The summed E-state index contributed by atoms with van der Waals surface area (Å²) >= 11 is 1.09. The van der Waals surface area contributed by atoms with E-state index in [4.69, 9.17) is 0 Å². The van der Waals surface area contributed by atoms with E-state index in [-0.39, 0.29) is 10.6 Å². The van der Waals surface area contributed by atoms with E-state index in [1.807, 2.05) is 11.9 Å². The van der Waals surface area contributed by atoms with Gasteiger partial charge in [0.25, 0.3) is 5.91 Å². The molecule has 1 aliphatic heterocycles. The molecule has 0 atom stereocenters. The average molecular weight is 370 g/mol. The number of hydrogen-bond donors (Lipinski definition) is 2. The number of thiophene rings is 1. The lowest BCUT2D eigenvalue weighted by atomic mass is 10.0. The van der Waals surface area contributed by atoms with Crippen LogP contribution in [0, 0.1) is 17.5 Å². The summed E-state index contributed by atoms with van der Waals surface area (Å²) in [6.07, 6.45) is 0.513. The number of aromatic carboxylic acids is 1. The third-order valence-electron chi connectivity index (χ3n) is 3.97. The van der Waals surface area contributed by atoms with Crippen LogP contribution in [0.1, 0.15) is 31.2 Å². The van der Waals surface area contributed by atoms with Crippen molar-refractivity contribution in [2.75, 3.05) is 18.9 Å². The average Bonchev–Trinajstić information content (AvgIpc) is 2.89. The number of benzene rings is 1. The van der Waals surface area contributed by atoms with Crippen molar-refractivity contribution in [2.24, 2.45) is 0 Å². The molecule has 0 bridgehead atoms. The van der Waals surface area contributed by atoms with Crippen LogP contribution in [0.2, 0.25) is 0 Å². The lowest BCUT2D eigenvalue weighted by molar-refractivity contribution is 0.0696. The van der Waals surface area contributed by atoms with Crippen molar-refractivity contribution < 1.29 is 27.9 Å². The molecule has 0 unspecified atom stereocenters. The minimum absolute atomic E-state index is 0.0376. The topological polar surface area (TPSA) is 69.6 Å². The van der Waals surface area contributed by atoms with Crippen LogP contribution in [0.15, 0.2) is 12.1 Å². The molecule has 0 saturated carbocycles. The van der Waals surface area contributed by atoms with Crippen molar-refractivity contribution in [3.63, 3.8) is 0 Å². The predicted molar refractivity (Wildman–Crippen MR) is 85.6 cm³/mol. The Bertz CT molecular complexity index is 882. The predicted octanol–water partition coefficient (Wildman–Crippen LogP) is 3.10. The molecule has 1 amide bonds. The monoisotopic (exact) mass is 370 g/mol. The number of amides is 1. The Balaban J connectivity index is 1.97. The number of rotatable bonds is 3. The fraction of sp³-hybridized carbons (Fsp3) is 0.250. The van der Waals surface area contributed by atoms with E-state index in [0.717, 1.165) is 22.3 Å². The molecular formula is C16H13F3N2O3S. The summed E-state index contributed by atoms with van der Waals surface area (Å²) in [5, 5.41) is 11.8. The second kappa shape index (κ2) is 6.49. The van der Waals surface area contributed by atoms with Gasteiger partial charge in [0, 0.05) is 18.0 Å². The molecule has 0 spiro atoms. The molecule has 0 fully saturated rings. The summed E-state index contributed by atoms with van der Waals surface area (Å²) in [5.74, 6) is -7.02. The first-order chi connectivity index (χ1) is 11.8. The Hall–Kier alpha value is -2.39. The number of nitrogens with one attached hydrogen (secondary N) is 1. The van der Waals surface area contributed by atoms with E-state index >= 15 is 0 Å². The van der Waals surface area contributed by atoms with Gasteiger partial charge in [-0.25, -0.2) is 18.0 Å². The lowest BCUT2D eigenvalue weighted by Gasteiger charge is -2.22. The highest BCUT2D eigenvalue weighted by molar-refractivity contribution is 7.17. The first kappa shape index (κ1) is 17.4. The zero-order chi connectivity index (χ0) is 18.3. The maximum Gasteiger partial charge on any atom is 0.339 e. The smallest absolute Gasteiger partial charge is 0.339 e. The van der Waals surface area contributed by atoms with E-state index in [1.165, 1.54) is 0 Å². The normalized spacial score (nSPS) is 14.2. The zero-order valence-electron chi connectivity index (χ0n) is 13.0. The number of carboxylic acids is 1. The standard InChI is InChI=1S/C16H13F3N2O3S/c1-21-5-4-7-10(6-21)25-15(11(7)16(23)24)20-14(22)8-2-3-9(17)13(19)12(8)18/h2-3H,4-6H2,1H3,(H,20,22)(H,23,24). The molecule has 1 aromatic heterocycles. The molecule has 2 aromatic rings. The van der Waals surface area contributed by atoms with Gasteiger partial charge >= 0.3 is 5.97 Å². The van der Waals surface area contributed by atoms with Crippen molar-refractivity contribution in [1.29, 1.82) is 0 Å². The Labute approximate surface area is 144 Å². The Morgan fingerprint density at radius 1 is 1.24 bits per heavy atom. The molecule has 0 radical (unpaired) electrons. The summed E-state index contributed by atoms with van der Waals surface area (Å²) in [5.41, 5.74) is -0.0974. The van der Waals surface area contributed by atoms with Crippen molar-refractivity contribution in [1.82, 2.24) is 4.90 Å². The number of hydrogen-bond acceptors (Lipinski definition) is 4. The van der Waals surface area contributed by atoms with Gasteiger partial charge < -0.3 is 15.3 Å². The Morgan fingerprint density at radius 3 is 2.64 bits per heavy atom. The summed E-state index contributed by atoms with van der Waals surface area (Å²) in [4.78, 5) is 26.6. The molecule has 25 heavy (non-hydrogen) atoms. The number of carboxylic acid groups (broad SMARTS) is 1. The molecular weight excluding hydrogens is 357 g/mol. The number of carbonyl (C=O) groups is 2. The van der Waals surface area contributed by atoms with E-state index in [0.29, 0.717) is 31.1 Å². The second-order valence-corrected chi connectivity index (χ2v) is 6.78. The number of anilines is 1. The van der Waals surface area contributed by atoms with Gasteiger partial charge in [-0.15, -0.1) is 11.3 Å². The van der Waals surface area contributed by atoms with Crippen molar-refractivity contribution in [3.8, 4) is 0 Å². The minimum Gasteiger partial charge on any atom is -0.478 e. The summed E-state index contributed by atoms with van der Waals surface area (Å²) in [6.45, 7) is 1.21. The van der Waals surface area contributed by atoms with Crippen LogP contribution in [-0.2, 0) is 13.0 Å². The first-order valence-corrected chi connectivity index (χ1v) is 8.12. The second-order valence-electron chi connectivity index (χ2n) is 5.68. The van der Waals surface area contributed by atoms with Gasteiger partial charge in [-0.2, -0.15) is 0 Å². The maximum absolute atomic E-state index is 13.8. The van der Waals surface area contributed by atoms with Crippen LogP contribution in [0.3, 0.4) is 0 Å². The first-order valence-electron chi connectivity index (χ1n) is 7.30. The molecule has 3 rings (SSSR count). The molecule has 0 aliphatic carbocycles. The molecule has 5 nitrogen and oxygen atoms in total. The summed E-state index contributed by atoms with van der Waals surface area (Å²) in [6, 6.07) is 1.45. The third kappa shape index (κ3) is 3.12. The maximum atomic E-state index is 13.8. The SMILES string of the molecule is CN1CCc2c(sc(NC(=O)c3ccc(F)c(F)c3F)c2C(=O)O)C1. The molecule has 9 heteroatoms. The Morgan fingerprint density at radius 2 is 1.96 bits per heavy atom. The third-order valence-corrected chi connectivity index (χ3v) is 5.10. The quantitative estimate of drug-likeness (QED) is 0.815. The van der Waals surface area contributed by atoms with E-state index in [2.05, 4.69) is 5.32 Å². The van der Waals surface area contributed by atoms with Gasteiger partial charge in [-0.3, -0.25) is 4.79 Å². The van der Waals surface area contributed by atoms with Crippen LogP contribution in [0.5, 0.6) is 0 Å². The van der Waals surface area contributed by atoms with Crippen LogP contribution in [-0.4, -0.2) is 35.5 Å². The van der Waals surface area contributed by atoms with Gasteiger partial charge in [0.05, 0.1) is 11.1 Å². The summed E-state index contributed by atoms with van der Waals surface area (Å²) in [7, 11) is 1.89. The number of fused-ring (bicyclic) bond motifs is 1. The highest BCUT2D eigenvalue weighted by Gasteiger charge is 2.28. The summed E-state index contributed by atoms with van der Waals surface area (Å²) < 4.78 is 40.0. The molecule has 1 aromatic carbocycles. The number of carbonyl (C=O) groups excluding carboxylic acids is 1. The molecule has 2 heterocycles.